The molecule has 0 spiro atoms. The van der Waals surface area contributed by atoms with Gasteiger partial charge in [-0.2, -0.15) is 11.8 Å². The zero-order chi connectivity index (χ0) is 16.2. The summed E-state index contributed by atoms with van der Waals surface area (Å²) in [5.41, 5.74) is 3.23. The minimum atomic E-state index is -0.484. The Morgan fingerprint density at radius 3 is 2.87 bits per heavy atom. The first-order valence-electron chi connectivity index (χ1n) is 7.04. The SMILES string of the molecule is C=CC(=O)Oc1cccc(-c2nc3ccccc3o2)c1CSC. The summed E-state index contributed by atoms with van der Waals surface area (Å²) in [7, 11) is 0. The maximum Gasteiger partial charge on any atom is 0.335 e. The highest BCUT2D eigenvalue weighted by Crippen LogP contribution is 2.34. The number of esters is 1. The molecule has 0 fully saturated rings. The third kappa shape index (κ3) is 3.14. The maximum absolute atomic E-state index is 11.5. The Morgan fingerprint density at radius 2 is 2.13 bits per heavy atom. The van der Waals surface area contributed by atoms with Crippen molar-refractivity contribution in [3.05, 3.63) is 60.7 Å². The molecular formula is C18H15NO3S. The molecule has 0 N–H and O–H groups in total. The summed E-state index contributed by atoms with van der Waals surface area (Å²) < 4.78 is 11.2. The molecule has 23 heavy (non-hydrogen) atoms. The molecule has 2 aromatic carbocycles. The number of hydrogen-bond acceptors (Lipinski definition) is 5. The average Bonchev–Trinajstić information content (AvgIpc) is 3.00. The average molecular weight is 325 g/mol. The molecule has 0 saturated carbocycles. The van der Waals surface area contributed by atoms with E-state index in [2.05, 4.69) is 11.6 Å². The van der Waals surface area contributed by atoms with E-state index >= 15 is 0 Å². The zero-order valence-corrected chi connectivity index (χ0v) is 13.4. The van der Waals surface area contributed by atoms with Crippen LogP contribution in [0.1, 0.15) is 5.56 Å². The molecule has 0 aliphatic heterocycles. The highest BCUT2D eigenvalue weighted by atomic mass is 32.2. The van der Waals surface area contributed by atoms with Gasteiger partial charge in [0.1, 0.15) is 11.3 Å². The van der Waals surface area contributed by atoms with E-state index in [1.165, 1.54) is 0 Å². The van der Waals surface area contributed by atoms with Gasteiger partial charge in [0.2, 0.25) is 5.89 Å². The minimum absolute atomic E-state index is 0.484. The van der Waals surface area contributed by atoms with Gasteiger partial charge in [-0.15, -0.1) is 0 Å². The second-order valence-electron chi connectivity index (χ2n) is 4.83. The fraction of sp³-hybridized carbons (Fsp3) is 0.111. The molecule has 0 aliphatic rings. The summed E-state index contributed by atoms with van der Waals surface area (Å²) >= 11 is 1.63. The topological polar surface area (TPSA) is 52.3 Å². The van der Waals surface area contributed by atoms with Crippen LogP contribution in [-0.4, -0.2) is 17.2 Å². The Bertz CT molecular complexity index is 837. The van der Waals surface area contributed by atoms with Gasteiger partial charge in [0.25, 0.3) is 0 Å². The quantitative estimate of drug-likeness (QED) is 0.394. The molecule has 0 aliphatic carbocycles. The van der Waals surface area contributed by atoms with Crippen LogP contribution in [0.15, 0.2) is 59.5 Å². The van der Waals surface area contributed by atoms with Gasteiger partial charge in [0.15, 0.2) is 5.58 Å². The third-order valence-electron chi connectivity index (χ3n) is 3.32. The number of thioether (sulfide) groups is 1. The van der Waals surface area contributed by atoms with E-state index in [4.69, 9.17) is 9.15 Å². The van der Waals surface area contributed by atoms with Gasteiger partial charge in [0.05, 0.1) is 0 Å². The normalized spacial score (nSPS) is 10.7. The van der Waals surface area contributed by atoms with Crippen molar-refractivity contribution in [3.8, 4) is 17.2 Å². The van der Waals surface area contributed by atoms with E-state index in [0.29, 0.717) is 17.4 Å². The van der Waals surface area contributed by atoms with Crippen LogP contribution >= 0.6 is 11.8 Å². The number of benzene rings is 2. The second kappa shape index (κ2) is 6.71. The molecule has 1 heterocycles. The number of carbonyl (C=O) groups is 1. The zero-order valence-electron chi connectivity index (χ0n) is 12.6. The standard InChI is InChI=1S/C18H15NO3S/c1-3-17(20)21-15-10-6-7-12(13(15)11-23-2)18-19-14-8-4-5-9-16(14)22-18/h3-10H,1,11H2,2H3. The summed E-state index contributed by atoms with van der Waals surface area (Å²) in [6.07, 6.45) is 3.14. The van der Waals surface area contributed by atoms with Gasteiger partial charge in [-0.25, -0.2) is 9.78 Å². The predicted octanol–water partition coefficient (Wildman–Crippen LogP) is 4.45. The lowest BCUT2D eigenvalue weighted by molar-refractivity contribution is -0.129. The molecule has 3 rings (SSSR count). The number of oxazole rings is 1. The van der Waals surface area contributed by atoms with Crippen LogP contribution in [0.5, 0.6) is 5.75 Å². The van der Waals surface area contributed by atoms with E-state index in [-0.39, 0.29) is 0 Å². The van der Waals surface area contributed by atoms with E-state index in [1.54, 1.807) is 17.8 Å². The van der Waals surface area contributed by atoms with Crippen LogP contribution in [0.25, 0.3) is 22.6 Å². The Hall–Kier alpha value is -2.53. The molecule has 0 amide bonds. The molecule has 0 atom stereocenters. The van der Waals surface area contributed by atoms with Crippen LogP contribution in [0.3, 0.4) is 0 Å². The van der Waals surface area contributed by atoms with Gasteiger partial charge < -0.3 is 9.15 Å². The lowest BCUT2D eigenvalue weighted by Gasteiger charge is -2.11. The van der Waals surface area contributed by atoms with Gasteiger partial charge in [-0.1, -0.05) is 24.8 Å². The number of nitrogens with zero attached hydrogens (tertiary/aromatic N) is 1. The van der Waals surface area contributed by atoms with E-state index in [1.807, 2.05) is 42.7 Å². The number of carbonyl (C=O) groups excluding carboxylic acids is 1. The first-order valence-corrected chi connectivity index (χ1v) is 8.43. The van der Waals surface area contributed by atoms with Gasteiger partial charge >= 0.3 is 5.97 Å². The van der Waals surface area contributed by atoms with Crippen molar-refractivity contribution in [2.24, 2.45) is 0 Å². The summed E-state index contributed by atoms with van der Waals surface area (Å²) in [4.78, 5) is 16.1. The predicted molar refractivity (Wildman–Crippen MR) is 92.5 cm³/mol. The first kappa shape index (κ1) is 15.4. The van der Waals surface area contributed by atoms with Crippen molar-refractivity contribution in [2.75, 3.05) is 6.26 Å². The summed E-state index contributed by atoms with van der Waals surface area (Å²) in [5, 5.41) is 0. The van der Waals surface area contributed by atoms with Crippen LogP contribution in [-0.2, 0) is 10.5 Å². The number of fused-ring (bicyclic) bond motifs is 1. The molecule has 0 radical (unpaired) electrons. The number of aromatic nitrogens is 1. The van der Waals surface area contributed by atoms with E-state index in [0.717, 1.165) is 28.3 Å². The highest BCUT2D eigenvalue weighted by Gasteiger charge is 2.17. The van der Waals surface area contributed by atoms with Crippen molar-refractivity contribution >= 4 is 28.8 Å². The number of ether oxygens (including phenoxy) is 1. The van der Waals surface area contributed by atoms with Gasteiger partial charge in [-0.3, -0.25) is 0 Å². The van der Waals surface area contributed by atoms with Crippen molar-refractivity contribution < 1.29 is 13.9 Å². The Morgan fingerprint density at radius 1 is 1.30 bits per heavy atom. The smallest absolute Gasteiger partial charge is 0.335 e. The third-order valence-corrected chi connectivity index (χ3v) is 3.90. The Balaban J connectivity index is 2.11. The van der Waals surface area contributed by atoms with Crippen molar-refractivity contribution in [1.29, 1.82) is 0 Å². The molecular weight excluding hydrogens is 310 g/mol. The Kier molecular flexibility index (Phi) is 4.48. The van der Waals surface area contributed by atoms with Crippen molar-refractivity contribution in [1.82, 2.24) is 4.98 Å². The molecule has 0 bridgehead atoms. The molecule has 0 unspecified atom stereocenters. The number of para-hydroxylation sites is 2. The van der Waals surface area contributed by atoms with Gasteiger partial charge in [-0.05, 0) is 30.5 Å². The number of rotatable bonds is 5. The van der Waals surface area contributed by atoms with Crippen molar-refractivity contribution in [3.63, 3.8) is 0 Å². The van der Waals surface area contributed by atoms with Gasteiger partial charge in [0, 0.05) is 23.0 Å². The number of hydrogen-bond donors (Lipinski definition) is 0. The molecule has 0 saturated heterocycles. The summed E-state index contributed by atoms with van der Waals surface area (Å²) in [5.74, 6) is 1.21. The van der Waals surface area contributed by atoms with Crippen LogP contribution in [0.2, 0.25) is 0 Å². The Labute approximate surface area is 138 Å². The van der Waals surface area contributed by atoms with Crippen LogP contribution < -0.4 is 4.74 Å². The fourth-order valence-corrected chi connectivity index (χ4v) is 2.88. The largest absolute Gasteiger partial charge is 0.436 e. The van der Waals surface area contributed by atoms with E-state index < -0.39 is 5.97 Å². The lowest BCUT2D eigenvalue weighted by Crippen LogP contribution is -2.06. The monoisotopic (exact) mass is 325 g/mol. The fourth-order valence-electron chi connectivity index (χ4n) is 2.29. The van der Waals surface area contributed by atoms with Crippen molar-refractivity contribution in [2.45, 2.75) is 5.75 Å². The second-order valence-corrected chi connectivity index (χ2v) is 5.69. The first-order chi connectivity index (χ1) is 11.2. The van der Waals surface area contributed by atoms with Crippen LogP contribution in [0, 0.1) is 0 Å². The molecule has 5 heteroatoms. The minimum Gasteiger partial charge on any atom is -0.436 e. The summed E-state index contributed by atoms with van der Waals surface area (Å²) in [6.45, 7) is 3.43. The van der Waals surface area contributed by atoms with Crippen LogP contribution in [0.4, 0.5) is 0 Å². The highest BCUT2D eigenvalue weighted by molar-refractivity contribution is 7.97. The lowest BCUT2D eigenvalue weighted by atomic mass is 10.1. The molecule has 4 nitrogen and oxygen atoms in total. The molecule has 3 aromatic rings. The maximum atomic E-state index is 11.5. The van der Waals surface area contributed by atoms with E-state index in [9.17, 15) is 4.79 Å². The summed E-state index contributed by atoms with van der Waals surface area (Å²) in [6, 6.07) is 13.1. The molecule has 1 aromatic heterocycles. The molecule has 116 valence electrons.